The van der Waals surface area contributed by atoms with E-state index in [-0.39, 0.29) is 6.10 Å². The summed E-state index contributed by atoms with van der Waals surface area (Å²) in [6, 6.07) is 5.04. The van der Waals surface area contributed by atoms with Crippen molar-refractivity contribution in [2.24, 2.45) is 0 Å². The third-order valence-electron chi connectivity index (χ3n) is 1.47. The largest absolute Gasteiger partial charge is 0.447 e. The first-order valence-electron chi connectivity index (χ1n) is 4.45. The summed E-state index contributed by atoms with van der Waals surface area (Å²) in [5, 5.41) is 11.0. The van der Waals surface area contributed by atoms with Gasteiger partial charge >= 0.3 is 6.09 Å². The number of nitrogens with zero attached hydrogens (tertiary/aromatic N) is 2. The molecule has 1 heterocycles. The van der Waals surface area contributed by atoms with Gasteiger partial charge in [0.25, 0.3) is 0 Å². The lowest BCUT2D eigenvalue weighted by Crippen LogP contribution is -2.18. The lowest BCUT2D eigenvalue weighted by Gasteiger charge is -2.08. The number of amides is 1. The molecule has 0 aliphatic carbocycles. The highest BCUT2D eigenvalue weighted by atomic mass is 16.6. The summed E-state index contributed by atoms with van der Waals surface area (Å²) in [5.74, 6) is 0.361. The number of hydrogen-bond acceptors (Lipinski definition) is 4. The summed E-state index contributed by atoms with van der Waals surface area (Å²) < 4.78 is 4.86. The molecule has 0 fully saturated rings. The number of carbonyl (C=O) groups excluding carboxylic acids is 1. The molecule has 0 saturated heterocycles. The van der Waals surface area contributed by atoms with Crippen molar-refractivity contribution in [2.45, 2.75) is 20.0 Å². The van der Waals surface area contributed by atoms with Crippen LogP contribution in [0.5, 0.6) is 0 Å². The van der Waals surface area contributed by atoms with E-state index in [4.69, 9.17) is 10.00 Å². The number of hydrogen-bond donors (Lipinski definition) is 1. The molecule has 0 aliphatic heterocycles. The second kappa shape index (κ2) is 4.96. The number of nitriles is 1. The molecule has 1 aromatic heterocycles. The minimum atomic E-state index is -0.554. The number of nitrogens with one attached hydrogen (secondary N) is 1. The summed E-state index contributed by atoms with van der Waals surface area (Å²) in [7, 11) is 0. The summed E-state index contributed by atoms with van der Waals surface area (Å²) in [6.07, 6.45) is 0.649. The average molecular weight is 205 g/mol. The van der Waals surface area contributed by atoms with Crippen LogP contribution in [-0.2, 0) is 4.74 Å². The smallest absolute Gasteiger partial charge is 0.413 e. The van der Waals surface area contributed by atoms with Crippen molar-refractivity contribution >= 4 is 11.9 Å². The maximum Gasteiger partial charge on any atom is 0.413 e. The molecule has 1 N–H and O–H groups in total. The van der Waals surface area contributed by atoms with Crippen molar-refractivity contribution in [1.82, 2.24) is 4.98 Å². The van der Waals surface area contributed by atoms with Gasteiger partial charge in [-0.25, -0.2) is 9.78 Å². The predicted octanol–water partition coefficient (Wildman–Crippen LogP) is 1.91. The number of anilines is 1. The Bertz CT molecular complexity index is 379. The summed E-state index contributed by atoms with van der Waals surface area (Å²) in [6.45, 7) is 3.51. The zero-order valence-corrected chi connectivity index (χ0v) is 8.52. The molecule has 0 bridgehead atoms. The molecule has 0 spiro atoms. The van der Waals surface area contributed by atoms with E-state index in [9.17, 15) is 4.79 Å². The van der Waals surface area contributed by atoms with E-state index in [2.05, 4.69) is 10.3 Å². The van der Waals surface area contributed by atoms with Crippen LogP contribution in [0.3, 0.4) is 0 Å². The van der Waals surface area contributed by atoms with Gasteiger partial charge in [-0.15, -0.1) is 0 Å². The SMILES string of the molecule is CC(C)OC(=O)Nc1ccc(C#N)cn1. The fraction of sp³-hybridized carbons (Fsp3) is 0.300. The van der Waals surface area contributed by atoms with Gasteiger partial charge in [0.1, 0.15) is 11.9 Å². The van der Waals surface area contributed by atoms with Crippen molar-refractivity contribution in [3.63, 3.8) is 0 Å². The predicted molar refractivity (Wildman–Crippen MR) is 54.2 cm³/mol. The fourth-order valence-electron chi connectivity index (χ4n) is 0.882. The van der Waals surface area contributed by atoms with Crippen molar-refractivity contribution in [2.75, 3.05) is 5.32 Å². The van der Waals surface area contributed by atoms with Crippen molar-refractivity contribution in [1.29, 1.82) is 5.26 Å². The highest BCUT2D eigenvalue weighted by Crippen LogP contribution is 2.04. The minimum absolute atomic E-state index is 0.177. The molecule has 1 rings (SSSR count). The third-order valence-corrected chi connectivity index (χ3v) is 1.47. The third kappa shape index (κ3) is 3.65. The van der Waals surface area contributed by atoms with Crippen LogP contribution in [0.1, 0.15) is 19.4 Å². The van der Waals surface area contributed by atoms with Crippen molar-refractivity contribution in [3.8, 4) is 6.07 Å². The Balaban J connectivity index is 2.58. The monoisotopic (exact) mass is 205 g/mol. The van der Waals surface area contributed by atoms with E-state index in [1.165, 1.54) is 6.20 Å². The Morgan fingerprint density at radius 2 is 2.33 bits per heavy atom. The van der Waals surface area contributed by atoms with Gasteiger partial charge in [0.05, 0.1) is 11.7 Å². The van der Waals surface area contributed by atoms with Gasteiger partial charge in [0.2, 0.25) is 0 Å². The van der Waals surface area contributed by atoms with Gasteiger partial charge in [-0.3, -0.25) is 5.32 Å². The Morgan fingerprint density at radius 1 is 1.60 bits per heavy atom. The van der Waals surface area contributed by atoms with E-state index in [1.54, 1.807) is 26.0 Å². The number of aromatic nitrogens is 1. The van der Waals surface area contributed by atoms with Gasteiger partial charge in [-0.2, -0.15) is 5.26 Å². The Kier molecular flexibility index (Phi) is 3.63. The molecule has 5 heteroatoms. The first-order valence-corrected chi connectivity index (χ1v) is 4.45. The minimum Gasteiger partial charge on any atom is -0.447 e. The first kappa shape index (κ1) is 11.0. The van der Waals surface area contributed by atoms with E-state index >= 15 is 0 Å². The van der Waals surface area contributed by atoms with Crippen LogP contribution < -0.4 is 5.32 Å². The lowest BCUT2D eigenvalue weighted by molar-refractivity contribution is 0.130. The van der Waals surface area contributed by atoms with E-state index in [0.29, 0.717) is 11.4 Å². The molecule has 15 heavy (non-hydrogen) atoms. The number of ether oxygens (including phenoxy) is 1. The van der Waals surface area contributed by atoms with Crippen LogP contribution in [0, 0.1) is 11.3 Å². The Hall–Kier alpha value is -2.09. The van der Waals surface area contributed by atoms with Crippen LogP contribution in [0.25, 0.3) is 0 Å². The van der Waals surface area contributed by atoms with Crippen LogP contribution in [0.2, 0.25) is 0 Å². The zero-order valence-electron chi connectivity index (χ0n) is 8.52. The highest BCUT2D eigenvalue weighted by molar-refractivity contribution is 5.83. The molecule has 0 aromatic carbocycles. The molecular weight excluding hydrogens is 194 g/mol. The molecule has 0 aliphatic rings. The molecule has 0 saturated carbocycles. The lowest BCUT2D eigenvalue weighted by atomic mass is 10.3. The highest BCUT2D eigenvalue weighted by Gasteiger charge is 2.05. The maximum absolute atomic E-state index is 11.1. The zero-order chi connectivity index (χ0) is 11.3. The van der Waals surface area contributed by atoms with Gasteiger partial charge in [-0.1, -0.05) is 0 Å². The average Bonchev–Trinajstić information content (AvgIpc) is 2.17. The van der Waals surface area contributed by atoms with Gasteiger partial charge in [0, 0.05) is 6.20 Å². The molecule has 0 atom stereocenters. The standard InChI is InChI=1S/C10H11N3O2/c1-7(2)15-10(14)13-9-4-3-8(5-11)6-12-9/h3-4,6-7H,1-2H3,(H,12,13,14). The van der Waals surface area contributed by atoms with E-state index in [0.717, 1.165) is 0 Å². The molecule has 0 unspecified atom stereocenters. The molecule has 1 amide bonds. The second-order valence-corrected chi connectivity index (χ2v) is 3.12. The van der Waals surface area contributed by atoms with Crippen LogP contribution in [-0.4, -0.2) is 17.2 Å². The van der Waals surface area contributed by atoms with Gasteiger partial charge < -0.3 is 4.74 Å². The van der Waals surface area contributed by atoms with Crippen LogP contribution in [0.4, 0.5) is 10.6 Å². The molecule has 0 radical (unpaired) electrons. The first-order chi connectivity index (χ1) is 7.11. The van der Waals surface area contributed by atoms with Crippen LogP contribution >= 0.6 is 0 Å². The summed E-state index contributed by atoms with van der Waals surface area (Å²) in [5.41, 5.74) is 0.442. The molecule has 78 valence electrons. The normalized spacial score (nSPS) is 9.47. The summed E-state index contributed by atoms with van der Waals surface area (Å²) in [4.78, 5) is 15.0. The van der Waals surface area contributed by atoms with E-state index in [1.807, 2.05) is 6.07 Å². The van der Waals surface area contributed by atoms with Gasteiger partial charge in [-0.05, 0) is 26.0 Å². The topological polar surface area (TPSA) is 75.0 Å². The number of rotatable bonds is 2. The molecule has 5 nitrogen and oxygen atoms in total. The number of pyridine rings is 1. The Morgan fingerprint density at radius 3 is 2.80 bits per heavy atom. The van der Waals surface area contributed by atoms with E-state index < -0.39 is 6.09 Å². The molecular formula is C10H11N3O2. The molecule has 1 aromatic rings. The quantitative estimate of drug-likeness (QED) is 0.800. The van der Waals surface area contributed by atoms with Crippen molar-refractivity contribution < 1.29 is 9.53 Å². The van der Waals surface area contributed by atoms with Crippen LogP contribution in [0.15, 0.2) is 18.3 Å². The summed E-state index contributed by atoms with van der Waals surface area (Å²) >= 11 is 0. The fourth-order valence-corrected chi connectivity index (χ4v) is 0.882. The number of carbonyl (C=O) groups is 1. The Labute approximate surface area is 87.7 Å². The maximum atomic E-state index is 11.1. The van der Waals surface area contributed by atoms with Crippen molar-refractivity contribution in [3.05, 3.63) is 23.9 Å². The second-order valence-electron chi connectivity index (χ2n) is 3.12. The van der Waals surface area contributed by atoms with Gasteiger partial charge in [0.15, 0.2) is 0 Å².